The summed E-state index contributed by atoms with van der Waals surface area (Å²) in [6, 6.07) is 24.7. The molecule has 31 heavy (non-hydrogen) atoms. The van der Waals surface area contributed by atoms with Gasteiger partial charge >= 0.3 is 0 Å². The average Bonchev–Trinajstić information content (AvgIpc) is 3.15. The molecule has 0 radical (unpaired) electrons. The Balaban J connectivity index is 1.95. The first-order valence-corrected chi connectivity index (χ1v) is 11.0. The molecule has 0 fully saturated rings. The van der Waals surface area contributed by atoms with Gasteiger partial charge in [0.1, 0.15) is 0 Å². The second-order valence-corrected chi connectivity index (χ2v) is 9.87. The van der Waals surface area contributed by atoms with Crippen molar-refractivity contribution in [1.29, 1.82) is 0 Å². The van der Waals surface area contributed by atoms with Crippen LogP contribution in [0.1, 0.15) is 37.6 Å². The number of pyridine rings is 2. The van der Waals surface area contributed by atoms with Crippen molar-refractivity contribution < 1.29 is 0 Å². The minimum atomic E-state index is 0.111. The van der Waals surface area contributed by atoms with Gasteiger partial charge in [0.2, 0.25) is 0 Å². The Bertz CT molecular complexity index is 1680. The Kier molecular flexibility index (Phi) is 3.60. The van der Waals surface area contributed by atoms with Crippen molar-refractivity contribution in [3.05, 3.63) is 83.6 Å². The minimum absolute atomic E-state index is 0.111. The Morgan fingerprint density at radius 3 is 2.29 bits per heavy atom. The van der Waals surface area contributed by atoms with Crippen LogP contribution >= 0.6 is 0 Å². The number of nitrogens with zero attached hydrogens (tertiary/aromatic N) is 2. The SMILES string of the molecule is Cc1ccc2c(c1)c1cc(C(C)(C)C)ccc1c1cc3c(C)nc4ccccc4c3n21. The molecule has 0 atom stereocenters. The van der Waals surface area contributed by atoms with Gasteiger partial charge in [-0.25, -0.2) is 0 Å². The molecule has 0 bridgehead atoms. The van der Waals surface area contributed by atoms with Crippen LogP contribution in [0.25, 0.3) is 49.0 Å². The predicted molar refractivity (Wildman–Crippen MR) is 133 cm³/mol. The fourth-order valence-corrected chi connectivity index (χ4v) is 5.03. The molecule has 2 nitrogen and oxygen atoms in total. The van der Waals surface area contributed by atoms with Crippen LogP contribution in [-0.4, -0.2) is 9.38 Å². The first-order chi connectivity index (χ1) is 14.8. The lowest BCUT2D eigenvalue weighted by Crippen LogP contribution is -2.10. The highest BCUT2D eigenvalue weighted by Gasteiger charge is 2.19. The lowest BCUT2D eigenvalue weighted by atomic mass is 9.85. The van der Waals surface area contributed by atoms with Gasteiger partial charge in [0.05, 0.1) is 22.1 Å². The molecule has 152 valence electrons. The third-order valence-corrected chi connectivity index (χ3v) is 6.68. The van der Waals surface area contributed by atoms with E-state index < -0.39 is 0 Å². The predicted octanol–water partition coefficient (Wildman–Crippen LogP) is 7.86. The molecule has 0 aliphatic heterocycles. The molecule has 0 unspecified atom stereocenters. The summed E-state index contributed by atoms with van der Waals surface area (Å²) in [5.41, 5.74) is 8.66. The van der Waals surface area contributed by atoms with Crippen LogP contribution in [0.3, 0.4) is 0 Å². The van der Waals surface area contributed by atoms with E-state index in [4.69, 9.17) is 4.98 Å². The summed E-state index contributed by atoms with van der Waals surface area (Å²) in [4.78, 5) is 4.91. The Morgan fingerprint density at radius 2 is 1.48 bits per heavy atom. The monoisotopic (exact) mass is 402 g/mol. The lowest BCUT2D eigenvalue weighted by molar-refractivity contribution is 0.591. The van der Waals surface area contributed by atoms with Gasteiger partial charge in [0.15, 0.2) is 0 Å². The highest BCUT2D eigenvalue weighted by molar-refractivity contribution is 6.19. The largest absolute Gasteiger partial charge is 0.308 e. The van der Waals surface area contributed by atoms with E-state index in [-0.39, 0.29) is 5.41 Å². The zero-order chi connectivity index (χ0) is 21.5. The molecule has 6 aromatic rings. The summed E-state index contributed by atoms with van der Waals surface area (Å²) in [6.07, 6.45) is 0. The second-order valence-electron chi connectivity index (χ2n) is 9.87. The highest BCUT2D eigenvalue weighted by atomic mass is 14.9. The van der Waals surface area contributed by atoms with E-state index in [2.05, 4.69) is 106 Å². The molecular formula is C29H26N2. The number of aryl methyl sites for hydroxylation is 2. The van der Waals surface area contributed by atoms with Gasteiger partial charge in [-0.1, -0.05) is 62.7 Å². The van der Waals surface area contributed by atoms with Gasteiger partial charge in [0, 0.05) is 27.2 Å². The maximum absolute atomic E-state index is 4.91. The number of hydrogen-bond donors (Lipinski definition) is 0. The van der Waals surface area contributed by atoms with Crippen molar-refractivity contribution in [2.24, 2.45) is 0 Å². The normalized spacial score (nSPS) is 12.7. The van der Waals surface area contributed by atoms with E-state index in [1.54, 1.807) is 0 Å². The molecule has 0 N–H and O–H groups in total. The van der Waals surface area contributed by atoms with Gasteiger partial charge < -0.3 is 4.40 Å². The molecule has 0 saturated carbocycles. The first kappa shape index (κ1) is 18.4. The summed E-state index contributed by atoms with van der Waals surface area (Å²) in [5.74, 6) is 0. The third-order valence-electron chi connectivity index (χ3n) is 6.68. The topological polar surface area (TPSA) is 17.3 Å². The van der Waals surface area contributed by atoms with Gasteiger partial charge in [-0.2, -0.15) is 0 Å². The highest BCUT2D eigenvalue weighted by Crippen LogP contribution is 2.39. The molecule has 0 aliphatic rings. The van der Waals surface area contributed by atoms with Crippen LogP contribution in [0.2, 0.25) is 0 Å². The van der Waals surface area contributed by atoms with Gasteiger partial charge in [-0.3, -0.25) is 4.98 Å². The molecule has 3 aromatic carbocycles. The molecule has 2 heteroatoms. The van der Waals surface area contributed by atoms with E-state index >= 15 is 0 Å². The van der Waals surface area contributed by atoms with Gasteiger partial charge in [0.25, 0.3) is 0 Å². The van der Waals surface area contributed by atoms with Crippen molar-refractivity contribution in [3.63, 3.8) is 0 Å². The number of para-hydroxylation sites is 1. The molecule has 0 saturated heterocycles. The van der Waals surface area contributed by atoms with Crippen LogP contribution < -0.4 is 0 Å². The summed E-state index contributed by atoms with van der Waals surface area (Å²) in [5, 5.41) is 6.37. The molecule has 3 aromatic heterocycles. The van der Waals surface area contributed by atoms with Crippen molar-refractivity contribution >= 4 is 49.0 Å². The average molecular weight is 403 g/mol. The standard InChI is InChI=1S/C29H26N2/c1-17-10-13-26-24(14-17)23-15-19(29(3,4)5)11-12-20(23)27-16-22-18(2)30-25-9-7-6-8-21(25)28(22)31(26)27/h6-16H,1-5H3. The molecule has 0 amide bonds. The number of aromatic nitrogens is 2. The Hall–Kier alpha value is -3.39. The summed E-state index contributed by atoms with van der Waals surface area (Å²) in [6.45, 7) is 11.2. The van der Waals surface area contributed by atoms with Crippen molar-refractivity contribution in [3.8, 4) is 0 Å². The molecule has 6 rings (SSSR count). The van der Waals surface area contributed by atoms with Crippen molar-refractivity contribution in [2.45, 2.75) is 40.0 Å². The van der Waals surface area contributed by atoms with E-state index in [0.717, 1.165) is 11.2 Å². The van der Waals surface area contributed by atoms with Crippen molar-refractivity contribution in [2.75, 3.05) is 0 Å². The van der Waals surface area contributed by atoms with Crippen LogP contribution in [0.4, 0.5) is 0 Å². The van der Waals surface area contributed by atoms with Crippen LogP contribution in [0, 0.1) is 13.8 Å². The quantitative estimate of drug-likeness (QED) is 0.236. The van der Waals surface area contributed by atoms with Gasteiger partial charge in [-0.15, -0.1) is 0 Å². The zero-order valence-electron chi connectivity index (χ0n) is 18.7. The van der Waals surface area contributed by atoms with E-state index in [1.807, 2.05) is 0 Å². The maximum Gasteiger partial charge on any atom is 0.0726 e. The van der Waals surface area contributed by atoms with Crippen LogP contribution in [0.5, 0.6) is 0 Å². The van der Waals surface area contributed by atoms with E-state index in [0.29, 0.717) is 0 Å². The second kappa shape index (κ2) is 6.07. The molecule has 0 aliphatic carbocycles. The Labute approximate surface area is 182 Å². The number of rotatable bonds is 0. The summed E-state index contributed by atoms with van der Waals surface area (Å²) >= 11 is 0. The minimum Gasteiger partial charge on any atom is -0.308 e. The third kappa shape index (κ3) is 2.54. The van der Waals surface area contributed by atoms with Crippen LogP contribution in [-0.2, 0) is 5.41 Å². The van der Waals surface area contributed by atoms with Gasteiger partial charge in [-0.05, 0) is 60.5 Å². The number of benzene rings is 3. The zero-order valence-corrected chi connectivity index (χ0v) is 18.7. The fraction of sp³-hybridized carbons (Fsp3) is 0.207. The Morgan fingerprint density at radius 1 is 0.677 bits per heavy atom. The number of fused-ring (bicyclic) bond motifs is 10. The summed E-state index contributed by atoms with van der Waals surface area (Å²) in [7, 11) is 0. The lowest BCUT2D eigenvalue weighted by Gasteiger charge is -2.20. The van der Waals surface area contributed by atoms with E-state index in [1.165, 1.54) is 54.6 Å². The molecule has 0 spiro atoms. The van der Waals surface area contributed by atoms with E-state index in [9.17, 15) is 0 Å². The maximum atomic E-state index is 4.91. The molecular weight excluding hydrogens is 376 g/mol. The van der Waals surface area contributed by atoms with Crippen molar-refractivity contribution in [1.82, 2.24) is 9.38 Å². The first-order valence-electron chi connectivity index (χ1n) is 11.0. The van der Waals surface area contributed by atoms with Crippen LogP contribution in [0.15, 0.2) is 66.7 Å². The number of hydrogen-bond acceptors (Lipinski definition) is 1. The fourth-order valence-electron chi connectivity index (χ4n) is 5.03. The smallest absolute Gasteiger partial charge is 0.0726 e. The summed E-state index contributed by atoms with van der Waals surface area (Å²) < 4.78 is 2.46. The molecule has 3 heterocycles.